The Hall–Kier alpha value is -0.530. The van der Waals surface area contributed by atoms with Crippen molar-refractivity contribution in [3.8, 4) is 0 Å². The van der Waals surface area contributed by atoms with Crippen LogP contribution < -0.4 is 0 Å². The van der Waals surface area contributed by atoms with Crippen LogP contribution in [0.2, 0.25) is 5.02 Å². The first-order valence-electron chi connectivity index (χ1n) is 4.18. The van der Waals surface area contributed by atoms with Gasteiger partial charge in [0.2, 0.25) is 0 Å². The largest absolute Gasteiger partial charge is 0.396 e. The molecule has 1 fully saturated rings. The molecular formula is C10H11ClO. The number of hydrogen-bond acceptors (Lipinski definition) is 1. The predicted molar refractivity (Wildman–Crippen MR) is 49.4 cm³/mol. The van der Waals surface area contributed by atoms with Gasteiger partial charge in [-0.15, -0.1) is 0 Å². The second-order valence-electron chi connectivity index (χ2n) is 3.31. The summed E-state index contributed by atoms with van der Waals surface area (Å²) in [5.41, 5.74) is 1.19. The standard InChI is InChI=1S/C10H11ClO/c11-10-4-2-1-3-8(10)9-5-7(9)6-12/h1-4,7,9,12H,5-6H2/t7-,9+/m1/s1. The summed E-state index contributed by atoms with van der Waals surface area (Å²) in [4.78, 5) is 0. The van der Waals surface area contributed by atoms with Crippen LogP contribution in [0.3, 0.4) is 0 Å². The van der Waals surface area contributed by atoms with Crippen molar-refractivity contribution in [3.63, 3.8) is 0 Å². The Labute approximate surface area is 77.0 Å². The maximum absolute atomic E-state index is 8.89. The summed E-state index contributed by atoms with van der Waals surface area (Å²) in [5, 5.41) is 9.72. The zero-order chi connectivity index (χ0) is 8.55. The molecule has 0 aliphatic heterocycles. The first-order valence-corrected chi connectivity index (χ1v) is 4.56. The fourth-order valence-corrected chi connectivity index (χ4v) is 1.88. The second-order valence-corrected chi connectivity index (χ2v) is 3.71. The Morgan fingerprint density at radius 2 is 2.17 bits per heavy atom. The molecule has 2 rings (SSSR count). The van der Waals surface area contributed by atoms with Gasteiger partial charge < -0.3 is 5.11 Å². The summed E-state index contributed by atoms with van der Waals surface area (Å²) in [6.07, 6.45) is 1.08. The highest BCUT2D eigenvalue weighted by molar-refractivity contribution is 6.31. The smallest absolute Gasteiger partial charge is 0.0465 e. The van der Waals surface area contributed by atoms with Crippen molar-refractivity contribution in [1.82, 2.24) is 0 Å². The van der Waals surface area contributed by atoms with Crippen molar-refractivity contribution in [2.24, 2.45) is 5.92 Å². The van der Waals surface area contributed by atoms with E-state index in [0.29, 0.717) is 11.8 Å². The molecule has 1 aliphatic carbocycles. The Balaban J connectivity index is 2.19. The van der Waals surface area contributed by atoms with Crippen LogP contribution in [0.4, 0.5) is 0 Å². The lowest BCUT2D eigenvalue weighted by atomic mass is 10.1. The van der Waals surface area contributed by atoms with Gasteiger partial charge in [-0.25, -0.2) is 0 Å². The second kappa shape index (κ2) is 3.08. The monoisotopic (exact) mass is 182 g/mol. The highest BCUT2D eigenvalue weighted by atomic mass is 35.5. The Morgan fingerprint density at radius 1 is 1.42 bits per heavy atom. The third kappa shape index (κ3) is 1.35. The lowest BCUT2D eigenvalue weighted by molar-refractivity contribution is 0.274. The van der Waals surface area contributed by atoms with Gasteiger partial charge in [0.1, 0.15) is 0 Å². The van der Waals surface area contributed by atoms with E-state index in [0.717, 1.165) is 11.4 Å². The van der Waals surface area contributed by atoms with Crippen LogP contribution in [0.1, 0.15) is 17.9 Å². The Morgan fingerprint density at radius 3 is 2.75 bits per heavy atom. The van der Waals surface area contributed by atoms with Crippen molar-refractivity contribution < 1.29 is 5.11 Å². The minimum Gasteiger partial charge on any atom is -0.396 e. The number of aliphatic hydroxyl groups excluding tert-OH is 1. The minimum absolute atomic E-state index is 0.288. The van der Waals surface area contributed by atoms with Crippen LogP contribution >= 0.6 is 11.6 Å². The molecule has 2 atom stereocenters. The first kappa shape index (κ1) is 8.09. The molecule has 0 heterocycles. The molecule has 0 radical (unpaired) electrons. The van der Waals surface area contributed by atoms with Gasteiger partial charge in [-0.1, -0.05) is 29.8 Å². The van der Waals surface area contributed by atoms with Crippen LogP contribution in [-0.4, -0.2) is 11.7 Å². The molecule has 0 unspecified atom stereocenters. The molecule has 64 valence electrons. The summed E-state index contributed by atoms with van der Waals surface area (Å²) in [5.74, 6) is 0.952. The zero-order valence-electron chi connectivity index (χ0n) is 6.70. The van der Waals surface area contributed by atoms with Crippen molar-refractivity contribution in [3.05, 3.63) is 34.9 Å². The van der Waals surface area contributed by atoms with E-state index in [2.05, 4.69) is 0 Å². The van der Waals surface area contributed by atoms with Crippen LogP contribution in [0.15, 0.2) is 24.3 Å². The van der Waals surface area contributed by atoms with Gasteiger partial charge >= 0.3 is 0 Å². The molecule has 1 N–H and O–H groups in total. The lowest BCUT2D eigenvalue weighted by Crippen LogP contribution is -1.88. The predicted octanol–water partition coefficient (Wildman–Crippen LogP) is 2.44. The van der Waals surface area contributed by atoms with E-state index in [4.69, 9.17) is 16.7 Å². The van der Waals surface area contributed by atoms with Gasteiger partial charge in [0.05, 0.1) is 0 Å². The van der Waals surface area contributed by atoms with Gasteiger partial charge in [-0.05, 0) is 29.9 Å². The third-order valence-electron chi connectivity index (χ3n) is 2.46. The highest BCUT2D eigenvalue weighted by Crippen LogP contribution is 2.48. The van der Waals surface area contributed by atoms with Crippen LogP contribution in [0.25, 0.3) is 0 Å². The van der Waals surface area contributed by atoms with Gasteiger partial charge in [-0.3, -0.25) is 0 Å². The van der Waals surface area contributed by atoms with Gasteiger partial charge in [0.25, 0.3) is 0 Å². The minimum atomic E-state index is 0.288. The van der Waals surface area contributed by atoms with E-state index in [9.17, 15) is 0 Å². The zero-order valence-corrected chi connectivity index (χ0v) is 7.46. The molecular weight excluding hydrogens is 172 g/mol. The van der Waals surface area contributed by atoms with Crippen LogP contribution in [-0.2, 0) is 0 Å². The average molecular weight is 183 g/mol. The Bertz CT molecular complexity index is 285. The number of aliphatic hydroxyl groups is 1. The molecule has 0 saturated heterocycles. The van der Waals surface area contributed by atoms with Crippen molar-refractivity contribution >= 4 is 11.6 Å². The number of rotatable bonds is 2. The van der Waals surface area contributed by atoms with E-state index >= 15 is 0 Å². The van der Waals surface area contributed by atoms with Crippen LogP contribution in [0.5, 0.6) is 0 Å². The maximum Gasteiger partial charge on any atom is 0.0465 e. The maximum atomic E-state index is 8.89. The molecule has 1 saturated carbocycles. The number of halogens is 1. The molecule has 2 heteroatoms. The topological polar surface area (TPSA) is 20.2 Å². The summed E-state index contributed by atoms with van der Waals surface area (Å²) < 4.78 is 0. The SMILES string of the molecule is OC[C@H]1C[C@@H]1c1ccccc1Cl. The summed E-state index contributed by atoms with van der Waals surface area (Å²) in [6, 6.07) is 7.88. The van der Waals surface area contributed by atoms with E-state index in [1.165, 1.54) is 5.56 Å². The van der Waals surface area contributed by atoms with E-state index < -0.39 is 0 Å². The molecule has 0 bridgehead atoms. The molecule has 12 heavy (non-hydrogen) atoms. The fraction of sp³-hybridized carbons (Fsp3) is 0.400. The summed E-state index contributed by atoms with van der Waals surface area (Å²) >= 11 is 6.00. The first-order chi connectivity index (χ1) is 5.83. The van der Waals surface area contributed by atoms with Crippen LogP contribution in [0, 0.1) is 5.92 Å². The van der Waals surface area contributed by atoms with Gasteiger partial charge in [0, 0.05) is 11.6 Å². The Kier molecular flexibility index (Phi) is 2.07. The number of hydrogen-bond donors (Lipinski definition) is 1. The number of benzene rings is 1. The molecule has 0 spiro atoms. The fourth-order valence-electron chi connectivity index (χ4n) is 1.61. The van der Waals surface area contributed by atoms with Gasteiger partial charge in [0.15, 0.2) is 0 Å². The van der Waals surface area contributed by atoms with E-state index in [-0.39, 0.29) is 6.61 Å². The molecule has 1 nitrogen and oxygen atoms in total. The third-order valence-corrected chi connectivity index (χ3v) is 2.81. The van der Waals surface area contributed by atoms with Crippen molar-refractivity contribution in [2.75, 3.05) is 6.61 Å². The molecule has 0 aromatic heterocycles. The normalized spacial score (nSPS) is 27.2. The molecule has 1 aliphatic rings. The van der Waals surface area contributed by atoms with E-state index in [1.807, 2.05) is 24.3 Å². The molecule has 1 aromatic carbocycles. The highest BCUT2D eigenvalue weighted by Gasteiger charge is 2.38. The summed E-state index contributed by atoms with van der Waals surface area (Å²) in [7, 11) is 0. The lowest BCUT2D eigenvalue weighted by Gasteiger charge is -2.00. The molecule has 0 amide bonds. The van der Waals surface area contributed by atoms with Gasteiger partial charge in [-0.2, -0.15) is 0 Å². The quantitative estimate of drug-likeness (QED) is 0.745. The van der Waals surface area contributed by atoms with Crippen molar-refractivity contribution in [1.29, 1.82) is 0 Å². The average Bonchev–Trinajstić information content (AvgIpc) is 2.84. The van der Waals surface area contributed by atoms with Crippen molar-refractivity contribution in [2.45, 2.75) is 12.3 Å². The summed E-state index contributed by atoms with van der Waals surface area (Å²) in [6.45, 7) is 0.288. The molecule has 1 aromatic rings. The van der Waals surface area contributed by atoms with E-state index in [1.54, 1.807) is 0 Å².